The summed E-state index contributed by atoms with van der Waals surface area (Å²) in [6, 6.07) is 15.5. The second kappa shape index (κ2) is 9.78. The first-order valence-electron chi connectivity index (χ1n) is 9.69. The van der Waals surface area contributed by atoms with E-state index in [2.05, 4.69) is 11.8 Å². The van der Waals surface area contributed by atoms with E-state index >= 15 is 0 Å². The van der Waals surface area contributed by atoms with Crippen molar-refractivity contribution < 1.29 is 19.1 Å². The van der Waals surface area contributed by atoms with Gasteiger partial charge in [0.1, 0.15) is 5.70 Å². The van der Waals surface area contributed by atoms with Crippen LogP contribution in [0.15, 0.2) is 59.8 Å². The van der Waals surface area contributed by atoms with Gasteiger partial charge in [-0.2, -0.15) is 0 Å². The average molecular weight is 429 g/mol. The molecular weight excluding hydrogens is 404 g/mol. The number of aryl methyl sites for hydroxylation is 1. The minimum atomic E-state index is -0.566. The van der Waals surface area contributed by atoms with E-state index < -0.39 is 11.9 Å². The number of hydrogen-bond acceptors (Lipinski definition) is 6. The Morgan fingerprint density at radius 2 is 1.70 bits per heavy atom. The first-order valence-corrected chi connectivity index (χ1v) is 10.1. The third kappa shape index (κ3) is 4.83. The molecule has 0 radical (unpaired) electrons. The van der Waals surface area contributed by atoms with Crippen LogP contribution in [-0.2, 0) is 32.0 Å². The summed E-state index contributed by atoms with van der Waals surface area (Å²) in [5, 5.41) is 0.665. The van der Waals surface area contributed by atoms with Crippen LogP contribution in [0.3, 0.4) is 0 Å². The fraction of sp³-hybridized carbons (Fsp3) is 0.304. The molecule has 0 unspecified atom stereocenters. The first kappa shape index (κ1) is 21.9. The monoisotopic (exact) mass is 428 g/mol. The normalized spacial score (nSPS) is 14.6. The van der Waals surface area contributed by atoms with Crippen LogP contribution < -0.4 is 4.90 Å². The van der Waals surface area contributed by atoms with Gasteiger partial charge >= 0.3 is 11.9 Å². The lowest BCUT2D eigenvalue weighted by Crippen LogP contribution is -2.47. The van der Waals surface area contributed by atoms with Crippen molar-refractivity contribution >= 4 is 29.2 Å². The predicted octanol–water partition coefficient (Wildman–Crippen LogP) is 3.78. The molecule has 2 aromatic carbocycles. The number of hydrogen-bond donors (Lipinski definition) is 0. The van der Waals surface area contributed by atoms with E-state index in [1.165, 1.54) is 14.2 Å². The number of benzene rings is 2. The van der Waals surface area contributed by atoms with Crippen LogP contribution in [-0.4, -0.2) is 44.3 Å². The molecule has 0 saturated carbocycles. The Hall–Kier alpha value is -2.83. The minimum Gasteiger partial charge on any atom is -0.466 e. The van der Waals surface area contributed by atoms with Crippen LogP contribution in [0.4, 0.5) is 5.69 Å². The topological polar surface area (TPSA) is 59.1 Å². The molecule has 0 N–H and O–H groups in total. The molecule has 7 heteroatoms. The zero-order valence-corrected chi connectivity index (χ0v) is 18.1. The van der Waals surface area contributed by atoms with E-state index in [9.17, 15) is 9.59 Å². The van der Waals surface area contributed by atoms with E-state index in [1.54, 1.807) is 0 Å². The van der Waals surface area contributed by atoms with E-state index in [0.717, 1.165) is 23.2 Å². The Balaban J connectivity index is 2.05. The highest BCUT2D eigenvalue weighted by molar-refractivity contribution is 6.30. The number of esters is 2. The molecular formula is C23H25ClN2O4. The summed E-state index contributed by atoms with van der Waals surface area (Å²) in [6.07, 6.45) is 0.858. The van der Waals surface area contributed by atoms with Crippen molar-refractivity contribution in [2.24, 2.45) is 0 Å². The van der Waals surface area contributed by atoms with Gasteiger partial charge in [-0.1, -0.05) is 42.8 Å². The van der Waals surface area contributed by atoms with Crippen LogP contribution in [0, 0.1) is 0 Å². The average Bonchev–Trinajstić information content (AvgIpc) is 2.79. The molecule has 2 aromatic rings. The van der Waals surface area contributed by atoms with Gasteiger partial charge in [0.15, 0.2) is 0 Å². The molecule has 0 amide bonds. The summed E-state index contributed by atoms with van der Waals surface area (Å²) in [5.41, 5.74) is 3.48. The van der Waals surface area contributed by atoms with Gasteiger partial charge in [-0.25, -0.2) is 9.59 Å². The molecule has 3 rings (SSSR count). The van der Waals surface area contributed by atoms with Gasteiger partial charge in [-0.05, 0) is 41.8 Å². The van der Waals surface area contributed by atoms with Crippen molar-refractivity contribution in [2.75, 3.05) is 32.3 Å². The smallest absolute Gasteiger partial charge is 0.355 e. The second-order valence-electron chi connectivity index (χ2n) is 7.02. The Morgan fingerprint density at radius 3 is 2.33 bits per heavy atom. The lowest BCUT2D eigenvalue weighted by atomic mass is 10.1. The summed E-state index contributed by atoms with van der Waals surface area (Å²) in [7, 11) is 2.62. The number of carbonyl (C=O) groups excluding carboxylic acids is 2. The van der Waals surface area contributed by atoms with Gasteiger partial charge < -0.3 is 14.4 Å². The van der Waals surface area contributed by atoms with Gasteiger partial charge in [0.25, 0.3) is 0 Å². The van der Waals surface area contributed by atoms with Crippen LogP contribution in [0.2, 0.25) is 5.02 Å². The van der Waals surface area contributed by atoms with E-state index in [1.807, 2.05) is 53.4 Å². The van der Waals surface area contributed by atoms with Gasteiger partial charge in [-0.3, -0.25) is 4.90 Å². The maximum absolute atomic E-state index is 12.7. The van der Waals surface area contributed by atoms with Crippen molar-refractivity contribution in [3.05, 3.63) is 76.0 Å². The standard InChI is InChI=1S/C23H25ClN2O4/c1-4-16-6-5-7-19(12-16)26-15-25(13-17-8-10-18(24)11-9-17)14-20(22(27)29-2)21(26)23(28)30-3/h5-12H,4,13-15H2,1-3H3. The molecule has 158 valence electrons. The SMILES string of the molecule is CCc1cccc(N2CN(Cc3ccc(Cl)cc3)CC(C(=O)OC)=C2C(=O)OC)c1. The summed E-state index contributed by atoms with van der Waals surface area (Å²) < 4.78 is 9.99. The zero-order chi connectivity index (χ0) is 21.7. The summed E-state index contributed by atoms with van der Waals surface area (Å²) in [6.45, 7) is 3.33. The summed E-state index contributed by atoms with van der Waals surface area (Å²) in [4.78, 5) is 29.1. The fourth-order valence-corrected chi connectivity index (χ4v) is 3.63. The van der Waals surface area contributed by atoms with Crippen molar-refractivity contribution in [1.29, 1.82) is 0 Å². The molecule has 0 saturated heterocycles. The highest BCUT2D eigenvalue weighted by atomic mass is 35.5. The Bertz CT molecular complexity index is 956. The van der Waals surface area contributed by atoms with Crippen LogP contribution >= 0.6 is 11.6 Å². The van der Waals surface area contributed by atoms with E-state index in [-0.39, 0.29) is 17.8 Å². The number of ether oxygens (including phenoxy) is 2. The van der Waals surface area contributed by atoms with Gasteiger partial charge in [0, 0.05) is 23.8 Å². The van der Waals surface area contributed by atoms with Crippen molar-refractivity contribution in [3.63, 3.8) is 0 Å². The maximum atomic E-state index is 12.7. The highest BCUT2D eigenvalue weighted by Gasteiger charge is 2.35. The molecule has 6 nitrogen and oxygen atoms in total. The number of halogens is 1. The molecule has 0 aliphatic carbocycles. The predicted molar refractivity (Wildman–Crippen MR) is 116 cm³/mol. The van der Waals surface area contributed by atoms with Gasteiger partial charge in [0.05, 0.1) is 26.5 Å². The molecule has 0 spiro atoms. The van der Waals surface area contributed by atoms with Crippen LogP contribution in [0.1, 0.15) is 18.1 Å². The maximum Gasteiger partial charge on any atom is 0.355 e. The van der Waals surface area contributed by atoms with Gasteiger partial charge in [0.2, 0.25) is 0 Å². The molecule has 1 aliphatic rings. The third-order valence-electron chi connectivity index (χ3n) is 5.04. The molecule has 1 heterocycles. The first-order chi connectivity index (χ1) is 14.5. The zero-order valence-electron chi connectivity index (χ0n) is 17.4. The highest BCUT2D eigenvalue weighted by Crippen LogP contribution is 2.29. The van der Waals surface area contributed by atoms with Crippen molar-refractivity contribution in [1.82, 2.24) is 4.90 Å². The van der Waals surface area contributed by atoms with E-state index in [4.69, 9.17) is 21.1 Å². The largest absolute Gasteiger partial charge is 0.466 e. The second-order valence-corrected chi connectivity index (χ2v) is 7.45. The molecule has 0 fully saturated rings. The summed E-state index contributed by atoms with van der Waals surface area (Å²) >= 11 is 6.00. The van der Waals surface area contributed by atoms with Crippen molar-refractivity contribution in [2.45, 2.75) is 19.9 Å². The van der Waals surface area contributed by atoms with Crippen molar-refractivity contribution in [3.8, 4) is 0 Å². The molecule has 30 heavy (non-hydrogen) atoms. The number of anilines is 1. The van der Waals surface area contributed by atoms with Crippen LogP contribution in [0.5, 0.6) is 0 Å². The Morgan fingerprint density at radius 1 is 1.00 bits per heavy atom. The number of nitrogens with zero attached hydrogens (tertiary/aromatic N) is 2. The number of carbonyl (C=O) groups is 2. The molecule has 0 bridgehead atoms. The number of methoxy groups -OCH3 is 2. The lowest BCUT2D eigenvalue weighted by Gasteiger charge is -2.38. The van der Waals surface area contributed by atoms with E-state index in [0.29, 0.717) is 18.2 Å². The third-order valence-corrected chi connectivity index (χ3v) is 5.29. The fourth-order valence-electron chi connectivity index (χ4n) is 3.51. The Labute approximate surface area is 181 Å². The quantitative estimate of drug-likeness (QED) is 0.652. The lowest BCUT2D eigenvalue weighted by molar-refractivity contribution is -0.140. The Kier molecular flexibility index (Phi) is 7.13. The summed E-state index contributed by atoms with van der Waals surface area (Å²) in [5.74, 6) is -1.11. The van der Waals surface area contributed by atoms with Gasteiger partial charge in [-0.15, -0.1) is 0 Å². The minimum absolute atomic E-state index is 0.213. The molecule has 0 aromatic heterocycles. The molecule has 0 atom stereocenters. The number of rotatable bonds is 6. The molecule has 1 aliphatic heterocycles. The van der Waals surface area contributed by atoms with Crippen LogP contribution in [0.25, 0.3) is 0 Å².